The van der Waals surface area contributed by atoms with Gasteiger partial charge in [0, 0.05) is 12.8 Å². The van der Waals surface area contributed by atoms with Crippen molar-refractivity contribution in [2.75, 3.05) is 35.4 Å². The molecule has 0 saturated carbocycles. The summed E-state index contributed by atoms with van der Waals surface area (Å²) in [5.74, 6) is 0.488. The van der Waals surface area contributed by atoms with Crippen LogP contribution in [0.3, 0.4) is 0 Å². The topological polar surface area (TPSA) is 91.6 Å². The van der Waals surface area contributed by atoms with Crippen molar-refractivity contribution < 1.29 is 24.2 Å². The van der Waals surface area contributed by atoms with Gasteiger partial charge in [-0.15, -0.1) is 0 Å². The Hall–Kier alpha value is -1.27. The van der Waals surface area contributed by atoms with Crippen LogP contribution in [-0.2, 0) is 14.3 Å². The molecule has 0 fully saturated rings. The lowest BCUT2D eigenvalue weighted by Crippen LogP contribution is -2.35. The Labute approximate surface area is 174 Å². The predicted molar refractivity (Wildman–Crippen MR) is 117 cm³/mol. The quantitative estimate of drug-likeness (QED) is 0.231. The first kappa shape index (κ1) is 31.4. The van der Waals surface area contributed by atoms with Crippen molar-refractivity contribution in [3.05, 3.63) is 11.6 Å². The number of hydrogen-bond donors (Lipinski definition) is 1. The van der Waals surface area contributed by atoms with Crippen LogP contribution in [0.2, 0.25) is 0 Å². The Kier molecular flexibility index (Phi) is 23.0. The summed E-state index contributed by atoms with van der Waals surface area (Å²) in [6.07, 6.45) is 14.2. The van der Waals surface area contributed by atoms with Crippen LogP contribution in [0, 0.1) is 0 Å². The lowest BCUT2D eigenvalue weighted by molar-refractivity contribution is -0.834. The second-order valence-corrected chi connectivity index (χ2v) is 7.95. The van der Waals surface area contributed by atoms with E-state index >= 15 is 0 Å². The molecule has 6 heteroatoms. The van der Waals surface area contributed by atoms with Gasteiger partial charge in [-0.05, 0) is 12.8 Å². The maximum absolute atomic E-state index is 10.4. The number of quaternary nitrogens is 1. The van der Waals surface area contributed by atoms with E-state index in [9.17, 15) is 4.79 Å². The first-order valence-electron chi connectivity index (χ1n) is 10.7. The van der Waals surface area contributed by atoms with Crippen LogP contribution in [-0.4, -0.2) is 51.2 Å². The number of primary amides is 1. The number of carbonyl (C=O) groups excluding carboxylic acids is 1. The predicted octanol–water partition coefficient (Wildman–Crippen LogP) is 5.17. The molecule has 0 spiro atoms. The van der Waals surface area contributed by atoms with Crippen molar-refractivity contribution in [1.29, 1.82) is 0 Å². The Bertz CT molecular complexity index is 384. The third kappa shape index (κ3) is 19.5. The highest BCUT2D eigenvalue weighted by Crippen LogP contribution is 2.19. The Morgan fingerprint density at radius 3 is 1.50 bits per heavy atom. The largest absolute Gasteiger partial charge is 0.870 e. The van der Waals surface area contributed by atoms with Crippen molar-refractivity contribution in [2.24, 2.45) is 5.73 Å². The normalized spacial score (nSPS) is 10.2. The van der Waals surface area contributed by atoms with Gasteiger partial charge in [0.05, 0.1) is 35.4 Å². The van der Waals surface area contributed by atoms with E-state index in [-0.39, 0.29) is 11.4 Å². The summed E-state index contributed by atoms with van der Waals surface area (Å²) in [6.45, 7) is 4.39. The summed E-state index contributed by atoms with van der Waals surface area (Å²) < 4.78 is 11.1. The molecule has 0 unspecified atom stereocenters. The average Bonchev–Trinajstić information content (AvgIpc) is 2.60. The van der Waals surface area contributed by atoms with Crippen LogP contribution < -0.4 is 5.73 Å². The van der Waals surface area contributed by atoms with Gasteiger partial charge in [-0.1, -0.05) is 65.2 Å². The van der Waals surface area contributed by atoms with E-state index < -0.39 is 0 Å². The van der Waals surface area contributed by atoms with Gasteiger partial charge < -0.3 is 20.7 Å². The summed E-state index contributed by atoms with van der Waals surface area (Å²) in [7, 11) is 9.63. The van der Waals surface area contributed by atoms with Gasteiger partial charge in [-0.3, -0.25) is 9.28 Å². The number of allylic oxidation sites excluding steroid dienone is 1. The molecule has 0 aliphatic carbocycles. The SMILES string of the molecule is CCCC(=C(OC)OC)[N+](C)(C)C.CCCCCCCCCCCC(N)=O.[OH-]. The molecular weight excluding hydrogens is 356 g/mol. The Morgan fingerprint density at radius 2 is 1.18 bits per heavy atom. The van der Waals surface area contributed by atoms with E-state index in [1.807, 2.05) is 0 Å². The zero-order valence-electron chi connectivity index (χ0n) is 19.7. The van der Waals surface area contributed by atoms with E-state index in [4.69, 9.17) is 15.2 Å². The minimum atomic E-state index is -0.159. The smallest absolute Gasteiger partial charge is 0.338 e. The minimum Gasteiger partial charge on any atom is -0.870 e. The van der Waals surface area contributed by atoms with Crippen molar-refractivity contribution >= 4 is 5.91 Å². The minimum absolute atomic E-state index is 0. The molecule has 0 aromatic carbocycles. The molecule has 0 aliphatic rings. The summed E-state index contributed by atoms with van der Waals surface area (Å²) in [6, 6.07) is 0. The standard InChI is InChI=1S/C12H25NO.C10H22NO2.H2O/c1-2-3-4-5-6-7-8-9-10-11-12(13)14;1-7-8-9(11(2,3)4)10(12-5)13-6;/h2-11H2,1H3,(H2,13,14);7-8H2,1-6H3;1H2/q;+1;/p-1. The van der Waals surface area contributed by atoms with Crippen LogP contribution in [0.4, 0.5) is 0 Å². The molecule has 3 N–H and O–H groups in total. The van der Waals surface area contributed by atoms with Gasteiger partial charge in [0.15, 0.2) is 5.70 Å². The van der Waals surface area contributed by atoms with E-state index in [0.29, 0.717) is 12.4 Å². The monoisotopic (exact) mass is 404 g/mol. The zero-order chi connectivity index (χ0) is 21.1. The third-order valence-corrected chi connectivity index (χ3v) is 4.43. The summed E-state index contributed by atoms with van der Waals surface area (Å²) in [4.78, 5) is 10.4. The van der Waals surface area contributed by atoms with Crippen molar-refractivity contribution in [3.63, 3.8) is 0 Å². The molecule has 0 aromatic rings. The molecule has 0 bridgehead atoms. The molecule has 0 aliphatic heterocycles. The number of nitrogens with zero attached hydrogens (tertiary/aromatic N) is 1. The van der Waals surface area contributed by atoms with Crippen LogP contribution in [0.15, 0.2) is 11.6 Å². The molecule has 0 saturated heterocycles. The zero-order valence-corrected chi connectivity index (χ0v) is 19.7. The average molecular weight is 405 g/mol. The second-order valence-electron chi connectivity index (χ2n) is 7.95. The summed E-state index contributed by atoms with van der Waals surface area (Å²) in [5, 5.41) is 0. The van der Waals surface area contributed by atoms with Crippen LogP contribution in [0.1, 0.15) is 90.9 Å². The summed E-state index contributed by atoms with van der Waals surface area (Å²) >= 11 is 0. The van der Waals surface area contributed by atoms with Gasteiger partial charge in [-0.2, -0.15) is 0 Å². The number of carbonyl (C=O) groups is 1. The fourth-order valence-electron chi connectivity index (χ4n) is 2.88. The molecule has 0 atom stereocenters. The molecule has 1 amide bonds. The van der Waals surface area contributed by atoms with Gasteiger partial charge in [0.2, 0.25) is 5.91 Å². The van der Waals surface area contributed by atoms with E-state index in [1.165, 1.54) is 50.6 Å². The van der Waals surface area contributed by atoms with E-state index in [1.54, 1.807) is 14.2 Å². The first-order chi connectivity index (χ1) is 12.7. The van der Waals surface area contributed by atoms with Crippen molar-refractivity contribution in [1.82, 2.24) is 0 Å². The number of ether oxygens (including phenoxy) is 2. The number of unbranched alkanes of at least 4 members (excludes halogenated alkanes) is 8. The first-order valence-corrected chi connectivity index (χ1v) is 10.7. The third-order valence-electron chi connectivity index (χ3n) is 4.43. The molecule has 0 aromatic heterocycles. The van der Waals surface area contributed by atoms with Crippen molar-refractivity contribution in [2.45, 2.75) is 90.9 Å². The fourth-order valence-corrected chi connectivity index (χ4v) is 2.88. The lowest BCUT2D eigenvalue weighted by atomic mass is 10.1. The lowest BCUT2D eigenvalue weighted by Gasteiger charge is -2.27. The molecular formula is C22H48N2O4. The molecule has 0 rings (SSSR count). The fraction of sp³-hybridized carbons (Fsp3) is 0.864. The van der Waals surface area contributed by atoms with Gasteiger partial charge >= 0.3 is 5.95 Å². The maximum atomic E-state index is 10.4. The molecule has 170 valence electrons. The highest BCUT2D eigenvalue weighted by molar-refractivity contribution is 5.73. The highest BCUT2D eigenvalue weighted by Gasteiger charge is 2.22. The van der Waals surface area contributed by atoms with E-state index in [2.05, 4.69) is 35.0 Å². The van der Waals surface area contributed by atoms with Gasteiger partial charge in [0.1, 0.15) is 0 Å². The number of amides is 1. The molecule has 28 heavy (non-hydrogen) atoms. The molecule has 0 heterocycles. The summed E-state index contributed by atoms with van der Waals surface area (Å²) in [5.41, 5.74) is 6.24. The van der Waals surface area contributed by atoms with Crippen LogP contribution in [0.25, 0.3) is 0 Å². The number of rotatable bonds is 15. The second kappa shape index (κ2) is 20.5. The Balaban J connectivity index is -0.000000432. The van der Waals surface area contributed by atoms with Crippen molar-refractivity contribution in [3.8, 4) is 0 Å². The highest BCUT2D eigenvalue weighted by atomic mass is 16.7. The Morgan fingerprint density at radius 1 is 0.750 bits per heavy atom. The molecule has 6 nitrogen and oxygen atoms in total. The van der Waals surface area contributed by atoms with Gasteiger partial charge in [-0.25, -0.2) is 0 Å². The maximum Gasteiger partial charge on any atom is 0.338 e. The molecule has 0 radical (unpaired) electrons. The van der Waals surface area contributed by atoms with Crippen LogP contribution >= 0.6 is 0 Å². The number of methoxy groups -OCH3 is 2. The number of nitrogens with two attached hydrogens (primary N) is 1. The van der Waals surface area contributed by atoms with E-state index in [0.717, 1.165) is 30.2 Å². The number of hydrogen-bond acceptors (Lipinski definition) is 4. The van der Waals surface area contributed by atoms with Crippen LogP contribution in [0.5, 0.6) is 0 Å². The van der Waals surface area contributed by atoms with Gasteiger partial charge in [0.25, 0.3) is 0 Å².